The van der Waals surface area contributed by atoms with Gasteiger partial charge in [-0.1, -0.05) is 0 Å². The van der Waals surface area contributed by atoms with Gasteiger partial charge in [0.15, 0.2) is 11.9 Å². The number of hydrogen-bond donors (Lipinski definition) is 3. The number of phosphoric ester groups is 1. The molecule has 3 heterocycles. The number of nitrogens with zero attached hydrogens (tertiary/aromatic N) is 4. The molecule has 18 nitrogen and oxygen atoms in total. The Balaban J connectivity index is 0.00000363. The molecule has 1 saturated heterocycles. The van der Waals surface area contributed by atoms with Crippen molar-refractivity contribution in [3.05, 3.63) is 0 Å². The van der Waals surface area contributed by atoms with Crippen LogP contribution >= 0.6 is 23.5 Å². The van der Waals surface area contributed by atoms with Gasteiger partial charge in [-0.05, 0) is 0 Å². The van der Waals surface area contributed by atoms with Crippen LogP contribution in [0.2, 0.25) is 0 Å². The van der Waals surface area contributed by atoms with Gasteiger partial charge in [0.05, 0.1) is 19.0 Å². The van der Waals surface area contributed by atoms with Crippen LogP contribution in [-0.2, 0) is 36.4 Å². The van der Waals surface area contributed by atoms with Crippen LogP contribution in [0.4, 0.5) is 0 Å². The van der Waals surface area contributed by atoms with Gasteiger partial charge in [-0.25, -0.2) is 8.62 Å². The van der Waals surface area contributed by atoms with Gasteiger partial charge in [-0.3, -0.25) is 28.4 Å². The molecule has 7 unspecified atom stereocenters. The second-order valence-corrected chi connectivity index (χ2v) is 10.4. The second-order valence-electron chi connectivity index (χ2n) is 6.11. The molecule has 0 radical (unpaired) electrons. The predicted octanol–water partition coefficient (Wildman–Crippen LogP) is -13.1. The van der Waals surface area contributed by atoms with E-state index in [-0.39, 0.29) is 107 Å². The number of fused-ring (bicyclic) bond motifs is 1. The number of amides is 1. The summed E-state index contributed by atoms with van der Waals surface area (Å²) in [5, 5.41) is 10.1. The summed E-state index contributed by atoms with van der Waals surface area (Å²) in [4.78, 5) is 65.8. The molecule has 0 saturated carbocycles. The first-order valence-corrected chi connectivity index (χ1v) is 12.4. The van der Waals surface area contributed by atoms with Crippen molar-refractivity contribution < 1.29 is 150 Å². The maximum absolute atomic E-state index is 11.8. The van der Waals surface area contributed by atoms with Gasteiger partial charge in [0, 0.05) is 6.42 Å². The summed E-state index contributed by atoms with van der Waals surface area (Å²) in [6, 6.07) is -1.05. The van der Waals surface area contributed by atoms with Crippen molar-refractivity contribution in [3.8, 4) is 0 Å². The Bertz CT molecular complexity index is 1010. The molecule has 3 rings (SSSR count). The number of carbonyl (C=O) groups is 1. The van der Waals surface area contributed by atoms with E-state index >= 15 is 0 Å². The molecule has 0 aromatic carbocycles. The topological polar surface area (TPSA) is 281 Å². The van der Waals surface area contributed by atoms with Crippen LogP contribution < -0.4 is 109 Å². The van der Waals surface area contributed by atoms with Crippen LogP contribution in [0.3, 0.4) is 0 Å². The maximum Gasteiger partial charge on any atom is 1.00 e. The van der Waals surface area contributed by atoms with E-state index in [2.05, 4.69) is 28.1 Å². The zero-order valence-corrected chi connectivity index (χ0v) is 26.6. The van der Waals surface area contributed by atoms with Crippen molar-refractivity contribution in [2.24, 2.45) is 20.7 Å². The summed E-state index contributed by atoms with van der Waals surface area (Å²) >= 11 is 0. The Morgan fingerprint density at radius 2 is 1.76 bits per heavy atom. The third-order valence-corrected chi connectivity index (χ3v) is 7.54. The Morgan fingerprint density at radius 1 is 1.15 bits per heavy atom. The van der Waals surface area contributed by atoms with E-state index < -0.39 is 60.5 Å². The van der Waals surface area contributed by atoms with Crippen LogP contribution in [0.25, 0.3) is 0 Å². The summed E-state index contributed by atoms with van der Waals surface area (Å²) in [7, 11) is -17.6. The van der Waals surface area contributed by atoms with Crippen LogP contribution in [0, 0.1) is 0 Å². The monoisotopic (exact) mass is 573 g/mol. The van der Waals surface area contributed by atoms with Crippen LogP contribution in [0.5, 0.6) is 0 Å². The Hall–Kier alpha value is 1.61. The summed E-state index contributed by atoms with van der Waals surface area (Å²) in [6.07, 6.45) is -2.56. The number of rotatable bonds is 8. The number of hydrogen-bond acceptors (Lipinski definition) is 16. The van der Waals surface area contributed by atoms with Crippen molar-refractivity contribution in [1.82, 2.24) is 4.90 Å². The van der Waals surface area contributed by atoms with Crippen LogP contribution in [0.15, 0.2) is 15.0 Å². The number of guanidine groups is 1. The fourth-order valence-electron chi connectivity index (χ4n) is 2.72. The number of phosphoric acid groups is 3. The van der Waals surface area contributed by atoms with Gasteiger partial charge in [0.1, 0.15) is 12.3 Å². The molecule has 0 aromatic rings. The molecule has 4 N–H and O–H groups in total. The minimum absolute atomic E-state index is 0. The SMILES string of the molecule is NC1=NC(=O)C2N=CN(C3CC(O)C(COP(=O)([O-])OP(=O)([O-])OP(=O)([O-])O)O3)C2=N1.[Na+].[Na+].[Na+]. The molecule has 0 aliphatic carbocycles. The average molecular weight is 573 g/mol. The van der Waals surface area contributed by atoms with E-state index in [0.717, 1.165) is 0 Å². The normalized spacial score (nSPS) is 30.9. The van der Waals surface area contributed by atoms with Crippen LogP contribution in [-0.4, -0.2) is 70.0 Å². The summed E-state index contributed by atoms with van der Waals surface area (Å²) < 4.78 is 49.5. The first-order chi connectivity index (χ1) is 14.2. The first-order valence-electron chi connectivity index (χ1n) is 8.01. The molecular weight excluding hydrogens is 560 g/mol. The molecule has 0 aromatic heterocycles. The number of aliphatic imine (C=N–C) groups is 3. The van der Waals surface area contributed by atoms with E-state index in [4.69, 9.17) is 15.4 Å². The number of aliphatic hydroxyl groups is 1. The zero-order chi connectivity index (χ0) is 23.2. The zero-order valence-electron chi connectivity index (χ0n) is 17.9. The van der Waals surface area contributed by atoms with Gasteiger partial charge in [-0.15, -0.1) is 0 Å². The molecule has 24 heteroatoms. The molecule has 0 bridgehead atoms. The molecule has 1 fully saturated rings. The molecule has 34 heavy (non-hydrogen) atoms. The minimum Gasteiger partial charge on any atom is -0.756 e. The standard InChI is InChI=1S/C10H16N5O13P3.3Na/c11-10-13-8-7(9(17)14-10)12-3-15(8)6-1-4(16)5(26-6)2-25-30(21,22)28-31(23,24)27-29(18,19)20;;;/h3-7,16H,1-2H2,(H,21,22)(H,23,24)(H2,11,14,17)(H2,18,19,20);;;/q;3*+1/p-3. The number of ether oxygens (including phenoxy) is 1. The third-order valence-electron chi connectivity index (χ3n) is 3.85. The maximum atomic E-state index is 11.8. The fourth-order valence-corrected chi connectivity index (χ4v) is 5.62. The number of aliphatic hydroxyl groups excluding tert-OH is 1. The first kappa shape index (κ1) is 35.6. The molecule has 174 valence electrons. The smallest absolute Gasteiger partial charge is 0.756 e. The van der Waals surface area contributed by atoms with Crippen molar-refractivity contribution in [2.75, 3.05) is 6.61 Å². The van der Waals surface area contributed by atoms with E-state index in [1.165, 1.54) is 11.2 Å². The third kappa shape index (κ3) is 9.73. The van der Waals surface area contributed by atoms with Crippen molar-refractivity contribution in [3.63, 3.8) is 0 Å². The number of nitrogens with two attached hydrogens (primary N) is 1. The Morgan fingerprint density at radius 3 is 2.35 bits per heavy atom. The minimum atomic E-state index is -6.05. The van der Waals surface area contributed by atoms with E-state index in [0.29, 0.717) is 0 Å². The van der Waals surface area contributed by atoms with Crippen molar-refractivity contribution in [1.29, 1.82) is 0 Å². The van der Waals surface area contributed by atoms with Gasteiger partial charge in [-0.2, -0.15) is 9.98 Å². The number of amidine groups is 1. The van der Waals surface area contributed by atoms with E-state index in [1.54, 1.807) is 0 Å². The largest absolute Gasteiger partial charge is 1.00 e. The molecule has 3 aliphatic heterocycles. The summed E-state index contributed by atoms with van der Waals surface area (Å²) in [6.45, 7) is -0.948. The van der Waals surface area contributed by atoms with Crippen molar-refractivity contribution in [2.45, 2.75) is 30.9 Å². The molecule has 0 spiro atoms. The van der Waals surface area contributed by atoms with Gasteiger partial charge in [0.2, 0.25) is 5.96 Å². The van der Waals surface area contributed by atoms with Gasteiger partial charge >= 0.3 is 88.7 Å². The van der Waals surface area contributed by atoms with Gasteiger partial charge < -0.3 is 39.7 Å². The predicted molar refractivity (Wildman–Crippen MR) is 90.6 cm³/mol. The van der Waals surface area contributed by atoms with E-state index in [9.17, 15) is 38.3 Å². The molecule has 3 aliphatic rings. The fraction of sp³-hybridized carbons (Fsp3) is 0.600. The quantitative estimate of drug-likeness (QED) is 0.180. The Kier molecular flexibility index (Phi) is 14.2. The second kappa shape index (κ2) is 13.6. The van der Waals surface area contributed by atoms with Gasteiger partial charge in [0.25, 0.3) is 29.4 Å². The summed E-state index contributed by atoms with van der Waals surface area (Å²) in [5.41, 5.74) is 5.44. The average Bonchev–Trinajstić information content (AvgIpc) is 3.13. The molecular formula is C10H13N5Na3O13P3. The van der Waals surface area contributed by atoms with Crippen molar-refractivity contribution >= 4 is 47.5 Å². The summed E-state index contributed by atoms with van der Waals surface area (Å²) in [5.74, 6) is -0.909. The van der Waals surface area contributed by atoms with E-state index in [1.807, 2.05) is 0 Å². The van der Waals surface area contributed by atoms with Crippen LogP contribution in [0.1, 0.15) is 6.42 Å². The molecule has 7 atom stereocenters. The Labute approximate surface area is 257 Å². The number of carbonyl (C=O) groups excluding carboxylic acids is 1. The molecule has 1 amide bonds.